The van der Waals surface area contributed by atoms with Gasteiger partial charge in [-0.1, -0.05) is 6.07 Å². The Kier molecular flexibility index (Phi) is 8.07. The van der Waals surface area contributed by atoms with Crippen LogP contribution in [0.4, 0.5) is 0 Å². The molecule has 1 aliphatic rings. The number of thiocarbonyl (C=S) groups is 1. The lowest BCUT2D eigenvalue weighted by Crippen LogP contribution is -3.14. The fraction of sp³-hybridized carbons (Fsp3) is 0.588. The van der Waals surface area contributed by atoms with Crippen molar-refractivity contribution in [1.82, 2.24) is 10.6 Å². The third-order valence-corrected chi connectivity index (χ3v) is 4.40. The van der Waals surface area contributed by atoms with Crippen LogP contribution >= 0.6 is 12.2 Å². The quantitative estimate of drug-likeness (QED) is 0.554. The molecule has 0 amide bonds. The molecule has 134 valence electrons. The van der Waals surface area contributed by atoms with Gasteiger partial charge in [0, 0.05) is 6.54 Å². The van der Waals surface area contributed by atoms with Crippen molar-refractivity contribution in [2.75, 3.05) is 60.2 Å². The highest BCUT2D eigenvalue weighted by molar-refractivity contribution is 7.80. The third-order valence-electron chi connectivity index (χ3n) is 4.11. The van der Waals surface area contributed by atoms with E-state index in [-0.39, 0.29) is 0 Å². The van der Waals surface area contributed by atoms with Gasteiger partial charge >= 0.3 is 0 Å². The van der Waals surface area contributed by atoms with E-state index in [9.17, 15) is 0 Å². The largest absolute Gasteiger partial charge is 0.493 e. The summed E-state index contributed by atoms with van der Waals surface area (Å²) in [6, 6.07) is 5.97. The summed E-state index contributed by atoms with van der Waals surface area (Å²) >= 11 is 5.32. The van der Waals surface area contributed by atoms with Crippen molar-refractivity contribution in [2.45, 2.75) is 6.42 Å². The van der Waals surface area contributed by atoms with Crippen LogP contribution < -0.4 is 25.0 Å². The Balaban J connectivity index is 1.63. The van der Waals surface area contributed by atoms with Gasteiger partial charge in [-0.2, -0.15) is 0 Å². The van der Waals surface area contributed by atoms with Crippen molar-refractivity contribution in [1.29, 1.82) is 0 Å². The Bertz CT molecular complexity index is 522. The number of morpholine rings is 1. The van der Waals surface area contributed by atoms with Gasteiger partial charge in [0.1, 0.15) is 13.1 Å². The summed E-state index contributed by atoms with van der Waals surface area (Å²) in [5, 5.41) is 7.23. The topological polar surface area (TPSA) is 56.2 Å². The number of benzene rings is 1. The Labute approximate surface area is 149 Å². The zero-order valence-corrected chi connectivity index (χ0v) is 15.3. The van der Waals surface area contributed by atoms with Crippen LogP contribution in [-0.4, -0.2) is 65.3 Å². The molecule has 0 bridgehead atoms. The number of hydrogen-bond donors (Lipinski definition) is 3. The van der Waals surface area contributed by atoms with Crippen LogP contribution in [0.3, 0.4) is 0 Å². The normalized spacial score (nSPS) is 14.9. The van der Waals surface area contributed by atoms with Crippen molar-refractivity contribution >= 4 is 17.3 Å². The molecule has 0 radical (unpaired) electrons. The molecular formula is C17H28N3O3S+. The molecule has 1 saturated heterocycles. The zero-order valence-electron chi connectivity index (χ0n) is 14.5. The number of hydrogen-bond acceptors (Lipinski definition) is 4. The standard InChI is InChI=1S/C17H27N3O3S/c1-21-15-4-3-14(13-16(15)22-2)5-6-18-17(24)19-7-8-20-9-11-23-12-10-20/h3-4,13H,5-12H2,1-2H3,(H2,18,19,24)/p+1. The van der Waals surface area contributed by atoms with Crippen molar-refractivity contribution < 1.29 is 19.1 Å². The first-order valence-corrected chi connectivity index (χ1v) is 8.77. The van der Waals surface area contributed by atoms with Gasteiger partial charge in [0.25, 0.3) is 0 Å². The number of quaternary nitrogens is 1. The number of methoxy groups -OCH3 is 2. The van der Waals surface area contributed by atoms with E-state index >= 15 is 0 Å². The molecule has 0 spiro atoms. The number of ether oxygens (including phenoxy) is 3. The van der Waals surface area contributed by atoms with Gasteiger partial charge in [-0.3, -0.25) is 0 Å². The molecule has 0 aliphatic carbocycles. The molecular weight excluding hydrogens is 326 g/mol. The van der Waals surface area contributed by atoms with E-state index in [0.717, 1.165) is 63.9 Å². The first kappa shape index (κ1) is 18.8. The van der Waals surface area contributed by atoms with Crippen LogP contribution in [0.5, 0.6) is 11.5 Å². The van der Waals surface area contributed by atoms with E-state index in [1.807, 2.05) is 18.2 Å². The lowest BCUT2D eigenvalue weighted by molar-refractivity contribution is -0.906. The molecule has 1 fully saturated rings. The van der Waals surface area contributed by atoms with Crippen LogP contribution in [0.15, 0.2) is 18.2 Å². The second-order valence-corrected chi connectivity index (χ2v) is 6.14. The smallest absolute Gasteiger partial charge is 0.166 e. The van der Waals surface area contributed by atoms with E-state index < -0.39 is 0 Å². The van der Waals surface area contributed by atoms with Crippen LogP contribution in [-0.2, 0) is 11.2 Å². The summed E-state index contributed by atoms with van der Waals surface area (Å²) in [6.07, 6.45) is 0.872. The van der Waals surface area contributed by atoms with E-state index in [1.165, 1.54) is 5.56 Å². The van der Waals surface area contributed by atoms with Crippen molar-refractivity contribution in [3.05, 3.63) is 23.8 Å². The molecule has 6 nitrogen and oxygen atoms in total. The molecule has 0 aromatic heterocycles. The molecule has 24 heavy (non-hydrogen) atoms. The van der Waals surface area contributed by atoms with E-state index in [2.05, 4.69) is 10.6 Å². The van der Waals surface area contributed by atoms with Crippen molar-refractivity contribution in [3.63, 3.8) is 0 Å². The highest BCUT2D eigenvalue weighted by Gasteiger charge is 2.12. The van der Waals surface area contributed by atoms with Gasteiger partial charge in [0.2, 0.25) is 0 Å². The molecule has 1 aromatic rings. The van der Waals surface area contributed by atoms with E-state index in [0.29, 0.717) is 5.11 Å². The molecule has 1 aromatic carbocycles. The first-order valence-electron chi connectivity index (χ1n) is 8.37. The minimum atomic E-state index is 0.711. The summed E-state index contributed by atoms with van der Waals surface area (Å²) in [7, 11) is 3.29. The van der Waals surface area contributed by atoms with Gasteiger partial charge in [0.15, 0.2) is 16.6 Å². The Morgan fingerprint density at radius 2 is 1.83 bits per heavy atom. The number of nitrogens with one attached hydrogen (secondary N) is 3. The van der Waals surface area contributed by atoms with Gasteiger partial charge in [0.05, 0.1) is 40.5 Å². The van der Waals surface area contributed by atoms with E-state index in [4.69, 9.17) is 26.4 Å². The van der Waals surface area contributed by atoms with Crippen LogP contribution in [0, 0.1) is 0 Å². The SMILES string of the molecule is COc1ccc(CCNC(=S)NCC[NH+]2CCOCC2)cc1OC. The maximum absolute atomic E-state index is 5.36. The molecule has 0 atom stereocenters. The third kappa shape index (κ3) is 6.14. The Hall–Kier alpha value is -1.57. The van der Waals surface area contributed by atoms with Gasteiger partial charge in [-0.25, -0.2) is 0 Å². The monoisotopic (exact) mass is 354 g/mol. The van der Waals surface area contributed by atoms with E-state index in [1.54, 1.807) is 19.1 Å². The maximum Gasteiger partial charge on any atom is 0.166 e. The summed E-state index contributed by atoms with van der Waals surface area (Å²) in [4.78, 5) is 1.57. The molecule has 1 heterocycles. The maximum atomic E-state index is 5.36. The summed E-state index contributed by atoms with van der Waals surface area (Å²) in [5.41, 5.74) is 1.18. The predicted octanol–water partition coefficient (Wildman–Crippen LogP) is -0.374. The van der Waals surface area contributed by atoms with Gasteiger partial charge in [-0.05, 0) is 36.3 Å². The Morgan fingerprint density at radius 3 is 2.54 bits per heavy atom. The minimum absolute atomic E-state index is 0.711. The zero-order chi connectivity index (χ0) is 17.2. The second-order valence-electron chi connectivity index (χ2n) is 5.73. The van der Waals surface area contributed by atoms with Crippen LogP contribution in [0.1, 0.15) is 5.56 Å². The van der Waals surface area contributed by atoms with Crippen molar-refractivity contribution in [3.8, 4) is 11.5 Å². The Morgan fingerprint density at radius 1 is 1.12 bits per heavy atom. The average molecular weight is 354 g/mol. The molecule has 1 aliphatic heterocycles. The summed E-state index contributed by atoms with van der Waals surface area (Å²) in [5.74, 6) is 1.50. The lowest BCUT2D eigenvalue weighted by atomic mass is 10.1. The lowest BCUT2D eigenvalue weighted by Gasteiger charge is -2.24. The molecule has 3 N–H and O–H groups in total. The number of rotatable bonds is 8. The fourth-order valence-corrected chi connectivity index (χ4v) is 2.89. The van der Waals surface area contributed by atoms with Gasteiger partial charge in [-0.15, -0.1) is 0 Å². The minimum Gasteiger partial charge on any atom is -0.493 e. The molecule has 0 unspecified atom stereocenters. The summed E-state index contributed by atoms with van der Waals surface area (Å²) in [6.45, 7) is 6.64. The second kappa shape index (κ2) is 10.3. The summed E-state index contributed by atoms with van der Waals surface area (Å²) < 4.78 is 15.9. The molecule has 2 rings (SSSR count). The predicted molar refractivity (Wildman–Crippen MR) is 98.2 cm³/mol. The highest BCUT2D eigenvalue weighted by Crippen LogP contribution is 2.27. The molecule has 0 saturated carbocycles. The average Bonchev–Trinajstić information content (AvgIpc) is 2.62. The van der Waals surface area contributed by atoms with Crippen LogP contribution in [0.25, 0.3) is 0 Å². The highest BCUT2D eigenvalue weighted by atomic mass is 32.1. The van der Waals surface area contributed by atoms with Gasteiger partial charge < -0.3 is 29.7 Å². The fourth-order valence-electron chi connectivity index (χ4n) is 2.68. The first-order chi connectivity index (χ1) is 11.7. The molecule has 7 heteroatoms. The van der Waals surface area contributed by atoms with Crippen molar-refractivity contribution in [2.24, 2.45) is 0 Å². The van der Waals surface area contributed by atoms with Crippen LogP contribution in [0.2, 0.25) is 0 Å².